The van der Waals surface area contributed by atoms with E-state index in [4.69, 9.17) is 4.74 Å². The number of rotatable bonds is 15. The number of benzene rings is 1. The van der Waals surface area contributed by atoms with Gasteiger partial charge in [-0.1, -0.05) is 6.92 Å². The third-order valence-corrected chi connectivity index (χ3v) is 6.43. The van der Waals surface area contributed by atoms with Gasteiger partial charge < -0.3 is 24.3 Å². The zero-order valence-corrected chi connectivity index (χ0v) is 22.4. The second-order valence-corrected chi connectivity index (χ2v) is 9.56. The molecule has 1 heterocycles. The molecule has 0 saturated heterocycles. The maximum Gasteiger partial charge on any atom is 0.325 e. The average Bonchev–Trinajstić information content (AvgIpc) is 3.65. The van der Waals surface area contributed by atoms with E-state index in [0.29, 0.717) is 48.4 Å². The van der Waals surface area contributed by atoms with Crippen molar-refractivity contribution in [1.29, 1.82) is 0 Å². The molecule has 3 rings (SSSR count). The van der Waals surface area contributed by atoms with Gasteiger partial charge in [0.15, 0.2) is 0 Å². The average molecular weight is 528 g/mol. The lowest BCUT2D eigenvalue weighted by atomic mass is 10.1. The maximum atomic E-state index is 13.4. The number of hydrogen-bond acceptors (Lipinski definition) is 7. The van der Waals surface area contributed by atoms with Crippen LogP contribution in [0.25, 0.3) is 10.9 Å². The molecule has 38 heavy (non-hydrogen) atoms. The molecule has 1 N–H and O–H groups in total. The second kappa shape index (κ2) is 13.7. The highest BCUT2D eigenvalue weighted by Crippen LogP contribution is 2.31. The van der Waals surface area contributed by atoms with Gasteiger partial charge in [-0.25, -0.2) is 0 Å². The molecule has 2 aromatic rings. The van der Waals surface area contributed by atoms with Crippen molar-refractivity contribution in [2.24, 2.45) is 5.92 Å². The van der Waals surface area contributed by atoms with E-state index in [0.717, 1.165) is 19.3 Å². The van der Waals surface area contributed by atoms with Crippen LogP contribution in [0.3, 0.4) is 0 Å². The van der Waals surface area contributed by atoms with Crippen LogP contribution in [0.2, 0.25) is 0 Å². The number of fused-ring (bicyclic) bond motifs is 1. The van der Waals surface area contributed by atoms with Crippen LogP contribution >= 0.6 is 0 Å². The van der Waals surface area contributed by atoms with E-state index in [-0.39, 0.29) is 43.4 Å². The number of ketones is 1. The number of carbonyl (C=O) groups is 5. The highest BCUT2D eigenvalue weighted by Gasteiger charge is 2.31. The Kier molecular flexibility index (Phi) is 10.4. The van der Waals surface area contributed by atoms with Crippen LogP contribution in [0.5, 0.6) is 0 Å². The third kappa shape index (κ3) is 7.90. The van der Waals surface area contributed by atoms with E-state index in [1.807, 2.05) is 6.92 Å². The predicted molar refractivity (Wildman–Crippen MR) is 142 cm³/mol. The summed E-state index contributed by atoms with van der Waals surface area (Å²) in [5.74, 6) is -1.77. The Morgan fingerprint density at radius 1 is 1.05 bits per heavy atom. The van der Waals surface area contributed by atoms with Gasteiger partial charge in [-0.2, -0.15) is 0 Å². The van der Waals surface area contributed by atoms with Crippen molar-refractivity contribution in [2.75, 3.05) is 32.1 Å². The summed E-state index contributed by atoms with van der Waals surface area (Å²) in [6, 6.07) is 5.04. The molecule has 2 amide bonds. The van der Waals surface area contributed by atoms with Gasteiger partial charge in [0, 0.05) is 48.7 Å². The summed E-state index contributed by atoms with van der Waals surface area (Å²) in [6.45, 7) is 4.86. The topological polar surface area (TPSA) is 124 Å². The first-order chi connectivity index (χ1) is 18.3. The molecule has 0 radical (unpaired) electrons. The molecule has 0 atom stereocenters. The van der Waals surface area contributed by atoms with Crippen LogP contribution in [-0.4, -0.2) is 65.8 Å². The second-order valence-electron chi connectivity index (χ2n) is 9.56. The molecule has 0 bridgehead atoms. The number of Topliss-reactive ketones (excluding diaryl/α,β-unsaturated/α-hetero) is 1. The lowest BCUT2D eigenvalue weighted by Crippen LogP contribution is -2.38. The first kappa shape index (κ1) is 28.9. The molecule has 1 fully saturated rings. The van der Waals surface area contributed by atoms with E-state index >= 15 is 0 Å². The fraction of sp³-hybridized carbons (Fsp3) is 0.536. The van der Waals surface area contributed by atoms with Crippen LogP contribution in [0, 0.1) is 5.92 Å². The van der Waals surface area contributed by atoms with Gasteiger partial charge in [0.25, 0.3) is 11.7 Å². The monoisotopic (exact) mass is 527 g/mol. The molecular weight excluding hydrogens is 490 g/mol. The summed E-state index contributed by atoms with van der Waals surface area (Å²) in [5.41, 5.74) is 1.23. The Balaban J connectivity index is 1.83. The van der Waals surface area contributed by atoms with E-state index in [9.17, 15) is 24.0 Å². The standard InChI is InChI=1S/C28H37N3O7/c1-4-14-30(16-19-10-11-19)28(36)27(35)22-17-31(18-26(34)38-5-2)23-13-12-20(15-21(22)23)29-24(32)8-6-7-9-25(33)37-3/h12-13,15,17,19H,4-11,14,16,18H2,1-3H3,(H,29,32). The molecular formula is C28H37N3O7. The Bertz CT molecular complexity index is 1180. The zero-order valence-electron chi connectivity index (χ0n) is 22.4. The van der Waals surface area contributed by atoms with E-state index in [1.54, 1.807) is 34.6 Å². The quantitative estimate of drug-likeness (QED) is 0.162. The van der Waals surface area contributed by atoms with Crippen molar-refractivity contribution in [2.45, 2.75) is 65.3 Å². The molecule has 1 saturated carbocycles. The SMILES string of the molecule is CCCN(CC1CC1)C(=O)C(=O)c1cn(CC(=O)OCC)c2ccc(NC(=O)CCCCC(=O)OC)cc12. The highest BCUT2D eigenvalue weighted by molar-refractivity contribution is 6.45. The van der Waals surface area contributed by atoms with Crippen LogP contribution in [0.1, 0.15) is 69.2 Å². The molecule has 10 nitrogen and oxygen atoms in total. The Hall–Kier alpha value is -3.69. The van der Waals surface area contributed by atoms with Gasteiger partial charge in [0.1, 0.15) is 6.54 Å². The van der Waals surface area contributed by atoms with Crippen LogP contribution in [0.15, 0.2) is 24.4 Å². The number of unbranched alkanes of at least 4 members (excludes halogenated alkanes) is 1. The first-order valence-corrected chi connectivity index (χ1v) is 13.3. The summed E-state index contributed by atoms with van der Waals surface area (Å²) < 4.78 is 11.3. The van der Waals surface area contributed by atoms with Crippen LogP contribution in [0.4, 0.5) is 5.69 Å². The molecule has 1 aliphatic carbocycles. The molecule has 0 unspecified atom stereocenters. The van der Waals surface area contributed by atoms with Gasteiger partial charge in [0.2, 0.25) is 5.91 Å². The predicted octanol–water partition coefficient (Wildman–Crippen LogP) is 3.71. The minimum Gasteiger partial charge on any atom is -0.469 e. The lowest BCUT2D eigenvalue weighted by Gasteiger charge is -2.21. The molecule has 1 aromatic carbocycles. The molecule has 0 aliphatic heterocycles. The minimum absolute atomic E-state index is 0.113. The van der Waals surface area contributed by atoms with Crippen molar-refractivity contribution in [3.8, 4) is 0 Å². The third-order valence-electron chi connectivity index (χ3n) is 6.43. The molecule has 1 aromatic heterocycles. The van der Waals surface area contributed by atoms with Gasteiger partial charge in [-0.15, -0.1) is 0 Å². The number of hydrogen-bond donors (Lipinski definition) is 1. The largest absolute Gasteiger partial charge is 0.469 e. The fourth-order valence-electron chi connectivity index (χ4n) is 4.33. The number of amides is 2. The summed E-state index contributed by atoms with van der Waals surface area (Å²) in [6.07, 6.45) is 5.90. The van der Waals surface area contributed by atoms with Gasteiger partial charge in [-0.3, -0.25) is 24.0 Å². The summed E-state index contributed by atoms with van der Waals surface area (Å²) in [7, 11) is 1.33. The smallest absolute Gasteiger partial charge is 0.325 e. The molecule has 1 aliphatic rings. The van der Waals surface area contributed by atoms with Crippen molar-refractivity contribution >= 4 is 46.1 Å². The van der Waals surface area contributed by atoms with Crippen molar-refractivity contribution < 1.29 is 33.4 Å². The number of carbonyl (C=O) groups excluding carboxylic acids is 5. The normalized spacial score (nSPS) is 12.7. The Morgan fingerprint density at radius 2 is 1.79 bits per heavy atom. The Morgan fingerprint density at radius 3 is 2.45 bits per heavy atom. The van der Waals surface area contributed by atoms with E-state index < -0.39 is 17.7 Å². The summed E-state index contributed by atoms with van der Waals surface area (Å²) in [5, 5.41) is 3.29. The van der Waals surface area contributed by atoms with Gasteiger partial charge in [0.05, 0.1) is 19.3 Å². The van der Waals surface area contributed by atoms with E-state index in [1.165, 1.54) is 13.3 Å². The summed E-state index contributed by atoms with van der Waals surface area (Å²) in [4.78, 5) is 64.2. The maximum absolute atomic E-state index is 13.4. The van der Waals surface area contributed by atoms with Crippen LogP contribution in [-0.2, 0) is 35.2 Å². The van der Waals surface area contributed by atoms with E-state index in [2.05, 4.69) is 10.1 Å². The zero-order chi connectivity index (χ0) is 27.7. The molecule has 0 spiro atoms. The number of nitrogens with zero attached hydrogens (tertiary/aromatic N) is 2. The first-order valence-electron chi connectivity index (χ1n) is 13.3. The van der Waals surface area contributed by atoms with Gasteiger partial charge >= 0.3 is 11.9 Å². The highest BCUT2D eigenvalue weighted by atomic mass is 16.5. The van der Waals surface area contributed by atoms with Crippen molar-refractivity contribution in [3.63, 3.8) is 0 Å². The fourth-order valence-corrected chi connectivity index (χ4v) is 4.33. The number of anilines is 1. The Labute approximate surface area is 222 Å². The number of esters is 2. The molecule has 206 valence electrons. The van der Waals surface area contributed by atoms with Crippen molar-refractivity contribution in [3.05, 3.63) is 30.0 Å². The lowest BCUT2D eigenvalue weighted by molar-refractivity contribution is -0.144. The number of ether oxygens (including phenoxy) is 2. The minimum atomic E-state index is -0.641. The molecule has 10 heteroatoms. The number of nitrogens with one attached hydrogen (secondary N) is 1. The number of methoxy groups -OCH3 is 1. The summed E-state index contributed by atoms with van der Waals surface area (Å²) >= 11 is 0. The number of aromatic nitrogens is 1. The van der Waals surface area contributed by atoms with Crippen LogP contribution < -0.4 is 5.32 Å². The van der Waals surface area contributed by atoms with Gasteiger partial charge in [-0.05, 0) is 63.1 Å². The van der Waals surface area contributed by atoms with Crippen molar-refractivity contribution in [1.82, 2.24) is 9.47 Å².